The molecule has 1 aromatic rings. The second-order valence-corrected chi connectivity index (χ2v) is 2.89. The molecule has 1 aliphatic rings. The van der Waals surface area contributed by atoms with Crippen molar-refractivity contribution in [3.05, 3.63) is 29.8 Å². The van der Waals surface area contributed by atoms with Gasteiger partial charge in [-0.3, -0.25) is 0 Å². The largest absolute Gasteiger partial charge is 0.337 e. The molecule has 0 N–H and O–H groups in total. The van der Waals surface area contributed by atoms with Crippen molar-refractivity contribution in [3.63, 3.8) is 0 Å². The van der Waals surface area contributed by atoms with Gasteiger partial charge in [-0.2, -0.15) is 4.89 Å². The smallest absolute Gasteiger partial charge is 0.176 e. The van der Waals surface area contributed by atoms with Crippen LogP contribution in [0.3, 0.4) is 0 Å². The summed E-state index contributed by atoms with van der Waals surface area (Å²) in [6.45, 7) is 0.683. The van der Waals surface area contributed by atoms with Crippen molar-refractivity contribution >= 4 is 0 Å². The van der Waals surface area contributed by atoms with E-state index in [0.29, 0.717) is 6.61 Å². The molecule has 1 radical (unpaired) electrons. The lowest BCUT2D eigenvalue weighted by Gasteiger charge is -2.12. The Balaban J connectivity index is 2.24. The monoisotopic (exact) mass is 163 g/mol. The van der Waals surface area contributed by atoms with E-state index < -0.39 is 0 Å². The molecule has 63 valence electrons. The molecule has 1 heterocycles. The number of hydrogen-bond donors (Lipinski definition) is 0. The zero-order valence-corrected chi connectivity index (χ0v) is 6.88. The Morgan fingerprint density at radius 3 is 3.33 bits per heavy atom. The first-order valence-electron chi connectivity index (χ1n) is 4.26. The van der Waals surface area contributed by atoms with Gasteiger partial charge in [0.1, 0.15) is 0 Å². The van der Waals surface area contributed by atoms with Crippen molar-refractivity contribution in [3.8, 4) is 5.75 Å². The van der Waals surface area contributed by atoms with Gasteiger partial charge < -0.3 is 4.89 Å². The minimum atomic E-state index is 0.683. The fourth-order valence-corrected chi connectivity index (χ4v) is 1.31. The van der Waals surface area contributed by atoms with E-state index in [-0.39, 0.29) is 0 Å². The number of fused-ring (bicyclic) bond motifs is 1. The number of aryl methyl sites for hydroxylation is 1. The molecule has 2 nitrogen and oxygen atoms in total. The van der Waals surface area contributed by atoms with Crippen LogP contribution in [0.15, 0.2) is 18.2 Å². The van der Waals surface area contributed by atoms with Gasteiger partial charge in [0.25, 0.3) is 0 Å². The van der Waals surface area contributed by atoms with Gasteiger partial charge in [-0.25, -0.2) is 0 Å². The highest BCUT2D eigenvalue weighted by atomic mass is 17.2. The fraction of sp³-hybridized carbons (Fsp3) is 0.400. The van der Waals surface area contributed by atoms with E-state index in [2.05, 4.69) is 12.1 Å². The Morgan fingerprint density at radius 1 is 1.33 bits per heavy atom. The van der Waals surface area contributed by atoms with Gasteiger partial charge in [-0.05, 0) is 24.8 Å². The summed E-state index contributed by atoms with van der Waals surface area (Å²) in [5.41, 5.74) is 1.19. The van der Waals surface area contributed by atoms with Crippen LogP contribution in [0.5, 0.6) is 5.75 Å². The Labute approximate surface area is 72.0 Å². The molecule has 0 amide bonds. The molecule has 1 aromatic carbocycles. The van der Waals surface area contributed by atoms with Crippen molar-refractivity contribution in [1.29, 1.82) is 0 Å². The first-order valence-corrected chi connectivity index (χ1v) is 4.26. The predicted octanol–water partition coefficient (Wildman–Crippen LogP) is 2.13. The van der Waals surface area contributed by atoms with E-state index in [4.69, 9.17) is 9.78 Å². The van der Waals surface area contributed by atoms with E-state index >= 15 is 0 Å². The summed E-state index contributed by atoms with van der Waals surface area (Å²) < 4.78 is 0. The van der Waals surface area contributed by atoms with Crippen molar-refractivity contribution < 1.29 is 9.78 Å². The van der Waals surface area contributed by atoms with E-state index in [9.17, 15) is 0 Å². The molecule has 2 rings (SSSR count). The molecule has 1 aliphatic heterocycles. The zero-order valence-electron chi connectivity index (χ0n) is 6.88. The first-order chi connectivity index (χ1) is 5.97. The second kappa shape index (κ2) is 3.59. The molecule has 0 aromatic heterocycles. The van der Waals surface area contributed by atoms with Gasteiger partial charge in [0.15, 0.2) is 5.75 Å². The van der Waals surface area contributed by atoms with E-state index in [1.807, 2.05) is 12.1 Å². The standard InChI is InChI=1S/C10H11O2/c1-2-7-10-9(5-1)6-3-4-8-11-12-10/h1-2,5H,3-4,6,8H2. The lowest BCUT2D eigenvalue weighted by Crippen LogP contribution is -2.05. The maximum atomic E-state index is 5.07. The summed E-state index contributed by atoms with van der Waals surface area (Å²) in [6.07, 6.45) is 3.29. The SMILES string of the molecule is [c]1cccc2c1OOCCCC2. The molecule has 0 bridgehead atoms. The summed E-state index contributed by atoms with van der Waals surface area (Å²) in [5.74, 6) is 0.747. The van der Waals surface area contributed by atoms with E-state index in [1.54, 1.807) is 0 Å². The highest BCUT2D eigenvalue weighted by Crippen LogP contribution is 2.21. The molecule has 0 fully saturated rings. The van der Waals surface area contributed by atoms with Gasteiger partial charge in [0, 0.05) is 6.07 Å². The van der Waals surface area contributed by atoms with Crippen LogP contribution >= 0.6 is 0 Å². The molecule has 0 spiro atoms. The molecule has 2 heteroatoms. The second-order valence-electron chi connectivity index (χ2n) is 2.89. The number of rotatable bonds is 0. The van der Waals surface area contributed by atoms with Crippen molar-refractivity contribution in [2.75, 3.05) is 6.61 Å². The Hall–Kier alpha value is -1.02. The van der Waals surface area contributed by atoms with Crippen LogP contribution in [0.2, 0.25) is 0 Å². The fourth-order valence-electron chi connectivity index (χ4n) is 1.31. The summed E-state index contributed by atoms with van der Waals surface area (Å²) in [4.78, 5) is 10.0. The average Bonchev–Trinajstić information content (AvgIpc) is 2.06. The van der Waals surface area contributed by atoms with Crippen LogP contribution in [-0.2, 0) is 11.3 Å². The third-order valence-electron chi connectivity index (χ3n) is 1.97. The maximum Gasteiger partial charge on any atom is 0.176 e. The summed E-state index contributed by atoms with van der Waals surface area (Å²) in [7, 11) is 0. The van der Waals surface area contributed by atoms with Gasteiger partial charge in [-0.15, -0.1) is 0 Å². The summed E-state index contributed by atoms with van der Waals surface area (Å²) in [5, 5.41) is 0. The number of benzene rings is 1. The van der Waals surface area contributed by atoms with Gasteiger partial charge in [-0.1, -0.05) is 18.2 Å². The van der Waals surface area contributed by atoms with Crippen LogP contribution in [0.1, 0.15) is 18.4 Å². The minimum Gasteiger partial charge on any atom is -0.337 e. The lowest BCUT2D eigenvalue weighted by molar-refractivity contribution is -0.209. The van der Waals surface area contributed by atoms with Crippen LogP contribution in [-0.4, -0.2) is 6.61 Å². The Bertz CT molecular complexity index is 231. The van der Waals surface area contributed by atoms with Crippen LogP contribution in [0, 0.1) is 6.07 Å². The molecule has 0 aliphatic carbocycles. The third kappa shape index (κ3) is 1.59. The Morgan fingerprint density at radius 2 is 2.33 bits per heavy atom. The first kappa shape index (κ1) is 7.62. The quantitative estimate of drug-likeness (QED) is 0.545. The zero-order chi connectivity index (χ0) is 8.23. The Kier molecular flexibility index (Phi) is 2.28. The molecule has 12 heavy (non-hydrogen) atoms. The number of hydrogen-bond acceptors (Lipinski definition) is 2. The van der Waals surface area contributed by atoms with Gasteiger partial charge >= 0.3 is 0 Å². The molecule has 0 saturated carbocycles. The van der Waals surface area contributed by atoms with E-state index in [1.165, 1.54) is 5.56 Å². The molecular weight excluding hydrogens is 152 g/mol. The summed E-state index contributed by atoms with van der Waals surface area (Å²) in [6, 6.07) is 8.88. The average molecular weight is 163 g/mol. The topological polar surface area (TPSA) is 18.5 Å². The number of para-hydroxylation sites is 1. The van der Waals surface area contributed by atoms with Crippen molar-refractivity contribution in [2.24, 2.45) is 0 Å². The van der Waals surface area contributed by atoms with Crippen LogP contribution in [0.25, 0.3) is 0 Å². The lowest BCUT2D eigenvalue weighted by atomic mass is 10.1. The molecule has 0 unspecified atom stereocenters. The summed E-state index contributed by atoms with van der Waals surface area (Å²) >= 11 is 0. The highest BCUT2D eigenvalue weighted by molar-refractivity contribution is 5.31. The minimum absolute atomic E-state index is 0.683. The van der Waals surface area contributed by atoms with Crippen molar-refractivity contribution in [2.45, 2.75) is 19.3 Å². The molecule has 0 atom stereocenters. The van der Waals surface area contributed by atoms with Crippen LogP contribution < -0.4 is 4.89 Å². The molecular formula is C10H11O2. The normalized spacial score (nSPS) is 17.0. The maximum absolute atomic E-state index is 5.07. The molecule has 0 saturated heterocycles. The van der Waals surface area contributed by atoms with Gasteiger partial charge in [0.2, 0.25) is 0 Å². The predicted molar refractivity (Wildman–Crippen MR) is 44.8 cm³/mol. The van der Waals surface area contributed by atoms with Gasteiger partial charge in [0.05, 0.1) is 6.61 Å². The van der Waals surface area contributed by atoms with Crippen LogP contribution in [0.4, 0.5) is 0 Å². The third-order valence-corrected chi connectivity index (χ3v) is 1.97. The van der Waals surface area contributed by atoms with Crippen molar-refractivity contribution in [1.82, 2.24) is 0 Å². The highest BCUT2D eigenvalue weighted by Gasteiger charge is 2.06. The van der Waals surface area contributed by atoms with E-state index in [0.717, 1.165) is 25.0 Å².